The van der Waals surface area contributed by atoms with E-state index in [0.29, 0.717) is 13.2 Å². The zero-order valence-corrected chi connectivity index (χ0v) is 18.7. The Labute approximate surface area is 169 Å². The molecule has 0 rings (SSSR count). The number of rotatable bonds is 17. The summed E-state index contributed by atoms with van der Waals surface area (Å²) in [6.45, 7) is 9.25. The number of hydrogen-bond donors (Lipinski definition) is 0. The lowest BCUT2D eigenvalue weighted by atomic mass is 9.99. The molecule has 0 unspecified atom stereocenters. The molecule has 0 radical (unpaired) electrons. The van der Waals surface area contributed by atoms with Gasteiger partial charge >= 0.3 is 6.16 Å². The Morgan fingerprint density at radius 1 is 0.704 bits per heavy atom. The Balaban J connectivity index is 3.22. The minimum absolute atomic E-state index is 0.0115. The molecule has 0 aliphatic carbocycles. The highest BCUT2D eigenvalue weighted by Crippen LogP contribution is 2.13. The molecule has 0 N–H and O–H groups in total. The molecule has 0 aromatic carbocycles. The average Bonchev–Trinajstić information content (AvgIpc) is 2.62. The molecule has 27 heavy (non-hydrogen) atoms. The molecule has 0 spiro atoms. The smallest absolute Gasteiger partial charge is 0.434 e. The fraction of sp³-hybridized carbons (Fsp3) is 0.875. The van der Waals surface area contributed by atoms with Crippen molar-refractivity contribution in [3.05, 3.63) is 12.2 Å². The Morgan fingerprint density at radius 3 is 1.70 bits per heavy atom. The van der Waals surface area contributed by atoms with E-state index in [0.717, 1.165) is 12.8 Å². The lowest BCUT2D eigenvalue weighted by molar-refractivity contribution is 0.0323. The van der Waals surface area contributed by atoms with Gasteiger partial charge in [0, 0.05) is 0 Å². The van der Waals surface area contributed by atoms with Crippen LogP contribution in [0.25, 0.3) is 0 Å². The van der Waals surface area contributed by atoms with Crippen molar-refractivity contribution in [2.75, 3.05) is 13.2 Å². The third-order valence-electron chi connectivity index (χ3n) is 4.50. The molecule has 0 saturated heterocycles. The number of ether oxygens (including phenoxy) is 2. The summed E-state index contributed by atoms with van der Waals surface area (Å²) in [5, 5.41) is 0. The van der Waals surface area contributed by atoms with Gasteiger partial charge in [0.1, 0.15) is 0 Å². The van der Waals surface area contributed by atoms with E-state index in [4.69, 9.17) is 9.47 Å². The second kappa shape index (κ2) is 18.4. The average molecular weight is 383 g/mol. The molecule has 0 amide bonds. The lowest BCUT2D eigenvalue weighted by Gasteiger charge is -2.17. The molecule has 0 heterocycles. The standard InChI is InChI=1S/C24H46O3/c1-5-6-7-8-9-10-11-12-13-14-15-16-17-18-19-20-21-26-23(25)27-22-24(2,3)4/h12-13H,5-11,14-22H2,1-4H3/b13-12-. The SMILES string of the molecule is CCCCCCCC/C=C\CCCCCCCCOC(=O)OCC(C)(C)C. The normalized spacial score (nSPS) is 11.9. The Hall–Kier alpha value is -0.990. The summed E-state index contributed by atoms with van der Waals surface area (Å²) in [4.78, 5) is 11.4. The molecule has 3 heteroatoms. The summed E-state index contributed by atoms with van der Waals surface area (Å²) in [7, 11) is 0. The van der Waals surface area contributed by atoms with Crippen molar-refractivity contribution in [1.29, 1.82) is 0 Å². The van der Waals surface area contributed by atoms with Crippen LogP contribution in [-0.4, -0.2) is 19.4 Å². The van der Waals surface area contributed by atoms with Gasteiger partial charge in [0.25, 0.3) is 0 Å². The Morgan fingerprint density at radius 2 is 1.19 bits per heavy atom. The molecule has 0 saturated carbocycles. The molecule has 160 valence electrons. The van der Waals surface area contributed by atoms with Crippen LogP contribution in [-0.2, 0) is 9.47 Å². The number of carbonyl (C=O) groups excluding carboxylic acids is 1. The van der Waals surface area contributed by atoms with E-state index in [1.807, 2.05) is 20.8 Å². The van der Waals surface area contributed by atoms with Crippen molar-refractivity contribution >= 4 is 6.16 Å². The van der Waals surface area contributed by atoms with E-state index < -0.39 is 6.16 Å². The van der Waals surface area contributed by atoms with Crippen LogP contribution in [0.4, 0.5) is 4.79 Å². The first-order valence-corrected chi connectivity index (χ1v) is 11.4. The van der Waals surface area contributed by atoms with Crippen LogP contribution in [0.2, 0.25) is 0 Å². The predicted octanol–water partition coefficient (Wildman–Crippen LogP) is 8.22. The largest absolute Gasteiger partial charge is 0.508 e. The fourth-order valence-corrected chi connectivity index (χ4v) is 2.82. The number of carbonyl (C=O) groups is 1. The highest BCUT2D eigenvalue weighted by Gasteiger charge is 2.14. The van der Waals surface area contributed by atoms with Gasteiger partial charge in [-0.3, -0.25) is 0 Å². The second-order valence-corrected chi connectivity index (χ2v) is 8.89. The molecule has 0 aromatic rings. The van der Waals surface area contributed by atoms with Crippen molar-refractivity contribution in [1.82, 2.24) is 0 Å². The van der Waals surface area contributed by atoms with Crippen LogP contribution in [0, 0.1) is 5.41 Å². The van der Waals surface area contributed by atoms with E-state index in [1.54, 1.807) is 0 Å². The van der Waals surface area contributed by atoms with Crippen LogP contribution >= 0.6 is 0 Å². The van der Waals surface area contributed by atoms with Gasteiger partial charge in [0.15, 0.2) is 0 Å². The summed E-state index contributed by atoms with van der Waals surface area (Å²) in [6, 6.07) is 0. The monoisotopic (exact) mass is 382 g/mol. The lowest BCUT2D eigenvalue weighted by Crippen LogP contribution is -2.19. The van der Waals surface area contributed by atoms with Gasteiger partial charge in [-0.2, -0.15) is 0 Å². The maximum Gasteiger partial charge on any atom is 0.508 e. The number of allylic oxidation sites excluding steroid dienone is 2. The molecule has 0 atom stereocenters. The third kappa shape index (κ3) is 23.0. The topological polar surface area (TPSA) is 35.5 Å². The summed E-state index contributed by atoms with van der Waals surface area (Å²) >= 11 is 0. The first-order valence-electron chi connectivity index (χ1n) is 11.4. The summed E-state index contributed by atoms with van der Waals surface area (Å²) in [6.07, 6.45) is 22.1. The highest BCUT2D eigenvalue weighted by atomic mass is 16.7. The van der Waals surface area contributed by atoms with E-state index in [1.165, 1.54) is 77.0 Å². The molecule has 0 aromatic heterocycles. The van der Waals surface area contributed by atoms with E-state index in [-0.39, 0.29) is 5.41 Å². The van der Waals surface area contributed by atoms with Crippen molar-refractivity contribution < 1.29 is 14.3 Å². The molecule has 0 aliphatic rings. The summed E-state index contributed by atoms with van der Waals surface area (Å²) < 4.78 is 10.2. The van der Waals surface area contributed by atoms with Gasteiger partial charge in [0.05, 0.1) is 13.2 Å². The van der Waals surface area contributed by atoms with Crippen LogP contribution in [0.3, 0.4) is 0 Å². The first-order chi connectivity index (χ1) is 13.0. The summed E-state index contributed by atoms with van der Waals surface area (Å²) in [5.74, 6) is 0. The third-order valence-corrected chi connectivity index (χ3v) is 4.50. The van der Waals surface area contributed by atoms with Gasteiger partial charge in [-0.15, -0.1) is 0 Å². The maximum absolute atomic E-state index is 11.4. The van der Waals surface area contributed by atoms with E-state index in [9.17, 15) is 4.79 Å². The van der Waals surface area contributed by atoms with Gasteiger partial charge in [-0.1, -0.05) is 97.6 Å². The van der Waals surface area contributed by atoms with Crippen LogP contribution in [0.5, 0.6) is 0 Å². The number of hydrogen-bond acceptors (Lipinski definition) is 3. The first kappa shape index (κ1) is 26.0. The maximum atomic E-state index is 11.4. The van der Waals surface area contributed by atoms with E-state index >= 15 is 0 Å². The number of unbranched alkanes of at least 4 members (excludes halogenated alkanes) is 12. The van der Waals surface area contributed by atoms with Gasteiger partial charge in [0.2, 0.25) is 0 Å². The predicted molar refractivity (Wildman–Crippen MR) is 116 cm³/mol. The molecular weight excluding hydrogens is 336 g/mol. The van der Waals surface area contributed by atoms with Crippen LogP contribution in [0.15, 0.2) is 12.2 Å². The van der Waals surface area contributed by atoms with Crippen LogP contribution in [0.1, 0.15) is 118 Å². The van der Waals surface area contributed by atoms with Gasteiger partial charge in [-0.25, -0.2) is 4.79 Å². The van der Waals surface area contributed by atoms with Gasteiger partial charge in [-0.05, 0) is 37.5 Å². The quantitative estimate of drug-likeness (QED) is 0.144. The summed E-state index contributed by atoms with van der Waals surface area (Å²) in [5.41, 5.74) is -0.0115. The Bertz CT molecular complexity index is 355. The van der Waals surface area contributed by atoms with Crippen LogP contribution < -0.4 is 0 Å². The second-order valence-electron chi connectivity index (χ2n) is 8.89. The molecule has 0 aliphatic heterocycles. The van der Waals surface area contributed by atoms with Gasteiger partial charge < -0.3 is 9.47 Å². The van der Waals surface area contributed by atoms with Crippen molar-refractivity contribution in [2.24, 2.45) is 5.41 Å². The van der Waals surface area contributed by atoms with E-state index in [2.05, 4.69) is 19.1 Å². The molecular formula is C24H46O3. The zero-order chi connectivity index (χ0) is 20.2. The fourth-order valence-electron chi connectivity index (χ4n) is 2.82. The minimum Gasteiger partial charge on any atom is -0.434 e. The molecule has 3 nitrogen and oxygen atoms in total. The highest BCUT2D eigenvalue weighted by molar-refractivity contribution is 5.59. The molecule has 0 fully saturated rings. The minimum atomic E-state index is -0.530. The molecule has 0 bridgehead atoms. The van der Waals surface area contributed by atoms with Crippen molar-refractivity contribution in [2.45, 2.75) is 118 Å². The van der Waals surface area contributed by atoms with Crippen molar-refractivity contribution in [3.8, 4) is 0 Å². The van der Waals surface area contributed by atoms with Crippen molar-refractivity contribution in [3.63, 3.8) is 0 Å². The Kier molecular flexibility index (Phi) is 17.7. The zero-order valence-electron chi connectivity index (χ0n) is 18.7.